The van der Waals surface area contributed by atoms with Gasteiger partial charge in [0.25, 0.3) is 5.69 Å². The first-order valence-corrected chi connectivity index (χ1v) is 6.42. The molecule has 6 heteroatoms. The van der Waals surface area contributed by atoms with Crippen molar-refractivity contribution in [3.63, 3.8) is 0 Å². The number of likely N-dealkylation sites (N-methyl/N-ethyl adjacent to an activating group) is 1. The molecule has 1 atom stereocenters. The average molecular weight is 268 g/mol. The third kappa shape index (κ3) is 3.20. The summed E-state index contributed by atoms with van der Waals surface area (Å²) in [5.41, 5.74) is 0.165. The summed E-state index contributed by atoms with van der Waals surface area (Å²) in [6.45, 7) is 3.93. The van der Waals surface area contributed by atoms with Crippen LogP contribution >= 0.6 is 0 Å². The van der Waals surface area contributed by atoms with Crippen LogP contribution in [0.25, 0.3) is 0 Å². The van der Waals surface area contributed by atoms with E-state index >= 15 is 0 Å². The predicted molar refractivity (Wildman–Crippen MR) is 69.9 cm³/mol. The van der Waals surface area contributed by atoms with E-state index in [4.69, 9.17) is 4.74 Å². The molecule has 0 N–H and O–H groups in total. The standard InChI is InChI=1S/C13H17FN2O3/c1-2-15(9-11-4-3-7-19-11)13-6-5-10(16(17)18)8-12(13)14/h5-6,8,11H,2-4,7,9H2,1H3. The summed E-state index contributed by atoms with van der Waals surface area (Å²) in [6.07, 6.45) is 2.13. The third-order valence-corrected chi connectivity index (χ3v) is 3.31. The van der Waals surface area contributed by atoms with E-state index in [0.717, 1.165) is 25.5 Å². The second-order valence-electron chi connectivity index (χ2n) is 4.57. The number of ether oxygens (including phenoxy) is 1. The Morgan fingerprint density at radius 3 is 2.89 bits per heavy atom. The number of rotatable bonds is 5. The van der Waals surface area contributed by atoms with Gasteiger partial charge in [0.15, 0.2) is 5.82 Å². The highest BCUT2D eigenvalue weighted by Crippen LogP contribution is 2.25. The van der Waals surface area contributed by atoms with Crippen LogP contribution in [0.1, 0.15) is 19.8 Å². The Hall–Kier alpha value is -1.69. The molecular formula is C13H17FN2O3. The minimum absolute atomic E-state index is 0.120. The normalized spacial score (nSPS) is 18.5. The van der Waals surface area contributed by atoms with Crippen LogP contribution in [0.2, 0.25) is 0 Å². The predicted octanol–water partition coefficient (Wildman–Crippen LogP) is 2.74. The van der Waals surface area contributed by atoms with E-state index in [9.17, 15) is 14.5 Å². The molecule has 1 heterocycles. The lowest BCUT2D eigenvalue weighted by molar-refractivity contribution is -0.385. The smallest absolute Gasteiger partial charge is 0.272 e. The molecule has 1 saturated heterocycles. The van der Waals surface area contributed by atoms with Gasteiger partial charge in [0.2, 0.25) is 0 Å². The number of nitro groups is 1. The van der Waals surface area contributed by atoms with Crippen molar-refractivity contribution in [3.05, 3.63) is 34.1 Å². The van der Waals surface area contributed by atoms with Gasteiger partial charge in [-0.05, 0) is 25.8 Å². The second kappa shape index (κ2) is 5.97. The molecule has 1 fully saturated rings. The Kier molecular flexibility index (Phi) is 4.31. The monoisotopic (exact) mass is 268 g/mol. The molecule has 1 aliphatic rings. The quantitative estimate of drug-likeness (QED) is 0.608. The Morgan fingerprint density at radius 2 is 2.37 bits per heavy atom. The van der Waals surface area contributed by atoms with E-state index in [0.29, 0.717) is 18.8 Å². The minimum Gasteiger partial charge on any atom is -0.376 e. The van der Waals surface area contributed by atoms with E-state index in [1.807, 2.05) is 11.8 Å². The molecule has 1 aromatic rings. The van der Waals surface area contributed by atoms with Crippen molar-refractivity contribution >= 4 is 11.4 Å². The Bertz CT molecular complexity index is 461. The van der Waals surface area contributed by atoms with Gasteiger partial charge in [-0.15, -0.1) is 0 Å². The number of hydrogen-bond acceptors (Lipinski definition) is 4. The molecule has 2 rings (SSSR count). The lowest BCUT2D eigenvalue weighted by atomic mass is 10.2. The molecule has 0 bridgehead atoms. The number of nitrogens with zero attached hydrogens (tertiary/aromatic N) is 2. The van der Waals surface area contributed by atoms with Crippen LogP contribution in [0, 0.1) is 15.9 Å². The summed E-state index contributed by atoms with van der Waals surface area (Å²) >= 11 is 0. The molecule has 0 amide bonds. The zero-order valence-electron chi connectivity index (χ0n) is 10.8. The van der Waals surface area contributed by atoms with Gasteiger partial charge >= 0.3 is 0 Å². The van der Waals surface area contributed by atoms with E-state index in [1.54, 1.807) is 0 Å². The van der Waals surface area contributed by atoms with E-state index in [-0.39, 0.29) is 11.8 Å². The summed E-state index contributed by atoms with van der Waals surface area (Å²) in [6, 6.07) is 3.76. The molecule has 0 saturated carbocycles. The zero-order chi connectivity index (χ0) is 13.8. The topological polar surface area (TPSA) is 55.6 Å². The fourth-order valence-electron chi connectivity index (χ4n) is 2.30. The van der Waals surface area contributed by atoms with E-state index in [2.05, 4.69) is 0 Å². The highest BCUT2D eigenvalue weighted by Gasteiger charge is 2.21. The van der Waals surface area contributed by atoms with Gasteiger partial charge in [-0.3, -0.25) is 10.1 Å². The first-order valence-electron chi connectivity index (χ1n) is 6.42. The zero-order valence-corrected chi connectivity index (χ0v) is 10.8. The van der Waals surface area contributed by atoms with Crippen LogP contribution in [0.3, 0.4) is 0 Å². The number of nitro benzene ring substituents is 1. The molecule has 1 aliphatic heterocycles. The van der Waals surface area contributed by atoms with Gasteiger partial charge in [0, 0.05) is 25.8 Å². The summed E-state index contributed by atoms with van der Waals surface area (Å²) < 4.78 is 19.5. The Morgan fingerprint density at radius 1 is 1.58 bits per heavy atom. The molecular weight excluding hydrogens is 251 g/mol. The van der Waals surface area contributed by atoms with Gasteiger partial charge < -0.3 is 9.64 Å². The van der Waals surface area contributed by atoms with Crippen molar-refractivity contribution in [3.8, 4) is 0 Å². The molecule has 19 heavy (non-hydrogen) atoms. The number of halogens is 1. The lowest BCUT2D eigenvalue weighted by Gasteiger charge is -2.26. The molecule has 1 aromatic carbocycles. The summed E-state index contributed by atoms with van der Waals surface area (Å²) in [7, 11) is 0. The second-order valence-corrected chi connectivity index (χ2v) is 4.57. The minimum atomic E-state index is -0.594. The van der Waals surface area contributed by atoms with Gasteiger partial charge in [0.1, 0.15) is 0 Å². The lowest BCUT2D eigenvalue weighted by Crippen LogP contribution is -2.32. The average Bonchev–Trinajstić information content (AvgIpc) is 2.89. The van der Waals surface area contributed by atoms with Crippen LogP contribution < -0.4 is 4.90 Å². The molecule has 1 unspecified atom stereocenters. The number of anilines is 1. The van der Waals surface area contributed by atoms with Crippen LogP contribution in [-0.4, -0.2) is 30.7 Å². The van der Waals surface area contributed by atoms with Crippen molar-refractivity contribution in [1.82, 2.24) is 0 Å². The third-order valence-electron chi connectivity index (χ3n) is 3.31. The van der Waals surface area contributed by atoms with Gasteiger partial charge in [-0.25, -0.2) is 4.39 Å². The summed E-state index contributed by atoms with van der Waals surface area (Å²) in [5, 5.41) is 10.6. The Balaban J connectivity index is 2.15. The fourth-order valence-corrected chi connectivity index (χ4v) is 2.30. The Labute approximate surface area is 111 Å². The molecule has 0 spiro atoms. The number of benzene rings is 1. The van der Waals surface area contributed by atoms with Crippen molar-refractivity contribution in [1.29, 1.82) is 0 Å². The van der Waals surface area contributed by atoms with E-state index < -0.39 is 10.7 Å². The van der Waals surface area contributed by atoms with E-state index in [1.165, 1.54) is 12.1 Å². The first kappa shape index (κ1) is 13.7. The van der Waals surface area contributed by atoms with Gasteiger partial charge in [-0.2, -0.15) is 0 Å². The van der Waals surface area contributed by atoms with Gasteiger partial charge in [0.05, 0.1) is 22.8 Å². The van der Waals surface area contributed by atoms with Crippen LogP contribution in [0.15, 0.2) is 18.2 Å². The van der Waals surface area contributed by atoms with Crippen molar-refractivity contribution in [2.45, 2.75) is 25.9 Å². The highest BCUT2D eigenvalue weighted by atomic mass is 19.1. The van der Waals surface area contributed by atoms with Crippen molar-refractivity contribution in [2.24, 2.45) is 0 Å². The largest absolute Gasteiger partial charge is 0.376 e. The van der Waals surface area contributed by atoms with Crippen molar-refractivity contribution in [2.75, 3.05) is 24.6 Å². The van der Waals surface area contributed by atoms with Crippen LogP contribution in [-0.2, 0) is 4.74 Å². The van der Waals surface area contributed by atoms with Crippen LogP contribution in [0.5, 0.6) is 0 Å². The molecule has 104 valence electrons. The summed E-state index contributed by atoms with van der Waals surface area (Å²) in [4.78, 5) is 11.8. The summed E-state index contributed by atoms with van der Waals surface area (Å²) in [5.74, 6) is -0.561. The maximum Gasteiger partial charge on any atom is 0.272 e. The SMILES string of the molecule is CCN(CC1CCCO1)c1ccc([N+](=O)[O-])cc1F. The van der Waals surface area contributed by atoms with Crippen molar-refractivity contribution < 1.29 is 14.1 Å². The van der Waals surface area contributed by atoms with Gasteiger partial charge in [-0.1, -0.05) is 0 Å². The maximum atomic E-state index is 13.9. The number of hydrogen-bond donors (Lipinski definition) is 0. The molecule has 0 aliphatic carbocycles. The molecule has 0 radical (unpaired) electrons. The molecule has 5 nitrogen and oxygen atoms in total. The maximum absolute atomic E-state index is 13.9. The number of non-ortho nitro benzene ring substituents is 1. The first-order chi connectivity index (χ1) is 9.11. The van der Waals surface area contributed by atoms with Crippen LogP contribution in [0.4, 0.5) is 15.8 Å². The molecule has 0 aromatic heterocycles. The fraction of sp³-hybridized carbons (Fsp3) is 0.538. The highest BCUT2D eigenvalue weighted by molar-refractivity contribution is 5.52.